The summed E-state index contributed by atoms with van der Waals surface area (Å²) in [7, 11) is 0. The molecule has 0 spiro atoms. The summed E-state index contributed by atoms with van der Waals surface area (Å²) in [5, 5.41) is 0.648. The Morgan fingerprint density at radius 1 is 1.30 bits per heavy atom. The molecule has 2 fully saturated rings. The van der Waals surface area contributed by atoms with E-state index in [-0.39, 0.29) is 0 Å². The Morgan fingerprint density at radius 2 is 2.10 bits per heavy atom. The molecule has 0 amide bonds. The van der Waals surface area contributed by atoms with Crippen LogP contribution in [0.2, 0.25) is 0 Å². The second-order valence-electron chi connectivity index (χ2n) is 4.08. The second kappa shape index (κ2) is 2.44. The quantitative estimate of drug-likeness (QED) is 0.554. The Kier molecular flexibility index (Phi) is 1.71. The average Bonchev–Trinajstić information content (AvgIpc) is 2.44. The highest BCUT2D eigenvalue weighted by molar-refractivity contribution is 7.80. The molecule has 0 nitrogen and oxygen atoms in total. The first-order chi connectivity index (χ1) is 4.77. The molecule has 1 heteroatoms. The summed E-state index contributed by atoms with van der Waals surface area (Å²) in [6, 6.07) is 0. The van der Waals surface area contributed by atoms with E-state index < -0.39 is 0 Å². The molecule has 0 aromatic carbocycles. The molecular weight excluding hydrogens is 140 g/mol. The van der Waals surface area contributed by atoms with Crippen LogP contribution in [0, 0.1) is 17.8 Å². The summed E-state index contributed by atoms with van der Waals surface area (Å²) in [6.07, 6.45) is 6.02. The summed E-state index contributed by atoms with van der Waals surface area (Å²) in [4.78, 5) is 0. The van der Waals surface area contributed by atoms with Crippen LogP contribution in [-0.2, 0) is 0 Å². The van der Waals surface area contributed by atoms with Gasteiger partial charge in [-0.1, -0.05) is 13.3 Å². The van der Waals surface area contributed by atoms with E-state index in [1.807, 2.05) is 0 Å². The predicted octanol–water partition coefficient (Wildman–Crippen LogP) is 2.74. The Hall–Kier alpha value is 0.350. The molecule has 2 aliphatic rings. The average molecular weight is 156 g/mol. The minimum absolute atomic E-state index is 0.648. The maximum atomic E-state index is 4.53. The molecule has 2 rings (SSSR count). The third-order valence-electron chi connectivity index (χ3n) is 3.41. The Morgan fingerprint density at radius 3 is 2.40 bits per heavy atom. The number of fused-ring (bicyclic) bond motifs is 2. The van der Waals surface area contributed by atoms with E-state index in [0.717, 1.165) is 17.8 Å². The van der Waals surface area contributed by atoms with E-state index in [4.69, 9.17) is 0 Å². The molecule has 2 aliphatic carbocycles. The maximum Gasteiger partial charge on any atom is 0.00194 e. The van der Waals surface area contributed by atoms with Gasteiger partial charge >= 0.3 is 0 Å². The normalized spacial score (nSPS) is 48.0. The highest BCUT2D eigenvalue weighted by Crippen LogP contribution is 2.50. The summed E-state index contributed by atoms with van der Waals surface area (Å²) in [5.74, 6) is 3.10. The van der Waals surface area contributed by atoms with Gasteiger partial charge in [-0.05, 0) is 37.0 Å². The first kappa shape index (κ1) is 7.02. The zero-order valence-corrected chi connectivity index (χ0v) is 7.48. The van der Waals surface area contributed by atoms with Crippen molar-refractivity contribution in [3.8, 4) is 0 Å². The van der Waals surface area contributed by atoms with Crippen LogP contribution < -0.4 is 0 Å². The van der Waals surface area contributed by atoms with Gasteiger partial charge in [0.1, 0.15) is 0 Å². The van der Waals surface area contributed by atoms with Gasteiger partial charge in [0.25, 0.3) is 0 Å². The maximum absolute atomic E-state index is 4.53. The summed E-state index contributed by atoms with van der Waals surface area (Å²) in [5.41, 5.74) is 0. The number of rotatable bonds is 1. The van der Waals surface area contributed by atoms with Gasteiger partial charge in [0.15, 0.2) is 0 Å². The van der Waals surface area contributed by atoms with E-state index in [1.54, 1.807) is 0 Å². The standard InChI is InChI=1S/C9H16S/c1-6(10)9-5-7-2-3-8(9)4-7/h6-10H,2-5H2,1H3. The summed E-state index contributed by atoms with van der Waals surface area (Å²) >= 11 is 4.53. The van der Waals surface area contributed by atoms with Gasteiger partial charge in [0.05, 0.1) is 0 Å². The number of hydrogen-bond acceptors (Lipinski definition) is 1. The van der Waals surface area contributed by atoms with E-state index >= 15 is 0 Å². The molecule has 10 heavy (non-hydrogen) atoms. The summed E-state index contributed by atoms with van der Waals surface area (Å²) < 4.78 is 0. The lowest BCUT2D eigenvalue weighted by Crippen LogP contribution is -2.18. The molecule has 4 unspecified atom stereocenters. The van der Waals surface area contributed by atoms with E-state index in [9.17, 15) is 0 Å². The van der Waals surface area contributed by atoms with Gasteiger partial charge < -0.3 is 0 Å². The van der Waals surface area contributed by atoms with Gasteiger partial charge in [0, 0.05) is 5.25 Å². The van der Waals surface area contributed by atoms with Gasteiger partial charge in [-0.25, -0.2) is 0 Å². The van der Waals surface area contributed by atoms with Crippen molar-refractivity contribution >= 4 is 12.6 Å². The molecule has 2 bridgehead atoms. The lowest BCUT2D eigenvalue weighted by Gasteiger charge is -2.24. The van der Waals surface area contributed by atoms with Crippen molar-refractivity contribution in [1.29, 1.82) is 0 Å². The topological polar surface area (TPSA) is 0 Å². The zero-order valence-electron chi connectivity index (χ0n) is 6.59. The summed E-state index contributed by atoms with van der Waals surface area (Å²) in [6.45, 7) is 2.26. The van der Waals surface area contributed by atoms with Crippen molar-refractivity contribution in [2.75, 3.05) is 0 Å². The van der Waals surface area contributed by atoms with Crippen LogP contribution in [0.4, 0.5) is 0 Å². The molecule has 0 radical (unpaired) electrons. The molecule has 58 valence electrons. The first-order valence-corrected chi connectivity index (χ1v) is 4.97. The third-order valence-corrected chi connectivity index (χ3v) is 3.80. The smallest absolute Gasteiger partial charge is 0.00194 e. The van der Waals surface area contributed by atoms with Gasteiger partial charge in [-0.3, -0.25) is 0 Å². The fourth-order valence-corrected chi connectivity index (χ4v) is 3.25. The van der Waals surface area contributed by atoms with Crippen molar-refractivity contribution in [3.63, 3.8) is 0 Å². The van der Waals surface area contributed by atoms with Crippen molar-refractivity contribution < 1.29 is 0 Å². The van der Waals surface area contributed by atoms with Gasteiger partial charge in [-0.15, -0.1) is 0 Å². The van der Waals surface area contributed by atoms with Crippen molar-refractivity contribution in [2.45, 2.75) is 37.9 Å². The van der Waals surface area contributed by atoms with Crippen LogP contribution in [0.1, 0.15) is 32.6 Å². The first-order valence-electron chi connectivity index (χ1n) is 4.45. The molecule has 0 N–H and O–H groups in total. The second-order valence-corrected chi connectivity index (χ2v) is 4.89. The molecule has 0 aliphatic heterocycles. The fourth-order valence-electron chi connectivity index (χ4n) is 2.88. The zero-order chi connectivity index (χ0) is 7.14. The van der Waals surface area contributed by atoms with Gasteiger partial charge in [0.2, 0.25) is 0 Å². The SMILES string of the molecule is CC(S)C1CC2CCC1C2. The lowest BCUT2D eigenvalue weighted by molar-refractivity contribution is 0.333. The molecule has 2 saturated carbocycles. The van der Waals surface area contributed by atoms with Crippen LogP contribution in [0.15, 0.2) is 0 Å². The highest BCUT2D eigenvalue weighted by Gasteiger charge is 2.40. The predicted molar refractivity (Wildman–Crippen MR) is 47.4 cm³/mol. The monoisotopic (exact) mass is 156 g/mol. The molecule has 0 saturated heterocycles. The van der Waals surface area contributed by atoms with Crippen LogP contribution in [-0.4, -0.2) is 5.25 Å². The Balaban J connectivity index is 2.02. The molecule has 4 atom stereocenters. The van der Waals surface area contributed by atoms with Crippen LogP contribution in [0.25, 0.3) is 0 Å². The van der Waals surface area contributed by atoms with E-state index in [2.05, 4.69) is 19.6 Å². The molecule has 0 heterocycles. The van der Waals surface area contributed by atoms with E-state index in [1.165, 1.54) is 25.7 Å². The van der Waals surface area contributed by atoms with Crippen molar-refractivity contribution in [3.05, 3.63) is 0 Å². The van der Waals surface area contributed by atoms with Crippen LogP contribution in [0.3, 0.4) is 0 Å². The van der Waals surface area contributed by atoms with Crippen molar-refractivity contribution in [2.24, 2.45) is 17.8 Å². The number of thiol groups is 1. The minimum Gasteiger partial charge on any atom is -0.176 e. The van der Waals surface area contributed by atoms with Crippen LogP contribution >= 0.6 is 12.6 Å². The highest BCUT2D eigenvalue weighted by atomic mass is 32.1. The Labute approximate surface area is 68.8 Å². The number of hydrogen-bond donors (Lipinski definition) is 1. The van der Waals surface area contributed by atoms with Gasteiger partial charge in [-0.2, -0.15) is 12.6 Å². The Bertz CT molecular complexity index is 131. The fraction of sp³-hybridized carbons (Fsp3) is 1.00. The van der Waals surface area contributed by atoms with Crippen LogP contribution in [0.5, 0.6) is 0 Å². The third kappa shape index (κ3) is 0.990. The van der Waals surface area contributed by atoms with Crippen molar-refractivity contribution in [1.82, 2.24) is 0 Å². The molecule has 0 aromatic rings. The molecular formula is C9H16S. The molecule has 0 aromatic heterocycles. The minimum atomic E-state index is 0.648. The largest absolute Gasteiger partial charge is 0.176 e. The van der Waals surface area contributed by atoms with E-state index in [0.29, 0.717) is 5.25 Å². The lowest BCUT2D eigenvalue weighted by atomic mass is 9.87.